The molecule has 0 N–H and O–H groups in total. The van der Waals surface area contributed by atoms with Gasteiger partial charge in [-0.05, 0) is 17.7 Å². The van der Waals surface area contributed by atoms with Gasteiger partial charge in [-0.15, -0.1) is 5.10 Å². The molecule has 4 aromatic rings. The first-order valence-corrected chi connectivity index (χ1v) is 9.25. The molecule has 0 aliphatic rings. The summed E-state index contributed by atoms with van der Waals surface area (Å²) in [5.41, 5.74) is 0.0341. The molecule has 31 heavy (non-hydrogen) atoms. The summed E-state index contributed by atoms with van der Waals surface area (Å²) >= 11 is 5.61. The van der Waals surface area contributed by atoms with Gasteiger partial charge in [-0.25, -0.2) is 9.07 Å². The van der Waals surface area contributed by atoms with Crippen LogP contribution in [0.1, 0.15) is 17.2 Å². The molecule has 10 heteroatoms. The Morgan fingerprint density at radius 2 is 1.77 bits per heavy atom. The molecular weight excluding hydrogens is 438 g/mol. The Morgan fingerprint density at radius 3 is 2.42 bits per heavy atom. The highest BCUT2D eigenvalue weighted by Gasteiger charge is 2.37. The van der Waals surface area contributed by atoms with Gasteiger partial charge in [-0.3, -0.25) is 0 Å². The smallest absolute Gasteiger partial charge is 0.420 e. The zero-order chi connectivity index (χ0) is 22.2. The lowest BCUT2D eigenvalue weighted by atomic mass is 10.1. The minimum Gasteiger partial charge on any atom is -0.457 e. The summed E-state index contributed by atoms with van der Waals surface area (Å²) < 4.78 is 59.5. The zero-order valence-electron chi connectivity index (χ0n) is 15.5. The van der Waals surface area contributed by atoms with Crippen LogP contribution in [0.15, 0.2) is 60.7 Å². The van der Waals surface area contributed by atoms with Crippen molar-refractivity contribution in [3.05, 3.63) is 82.6 Å². The van der Waals surface area contributed by atoms with Crippen LogP contribution >= 0.6 is 11.6 Å². The van der Waals surface area contributed by atoms with Crippen LogP contribution in [-0.4, -0.2) is 21.3 Å². The third kappa shape index (κ3) is 4.09. The topological polar surface area (TPSA) is 57.0 Å². The van der Waals surface area contributed by atoms with Crippen molar-refractivity contribution in [2.24, 2.45) is 0 Å². The second kappa shape index (κ2) is 7.99. The van der Waals surface area contributed by atoms with Crippen molar-refractivity contribution in [3.8, 4) is 11.5 Å². The van der Waals surface area contributed by atoms with Gasteiger partial charge in [-0.2, -0.15) is 13.2 Å². The number of alkyl halides is 3. The quantitative estimate of drug-likeness (QED) is 0.284. The molecule has 1 atom stereocenters. The van der Waals surface area contributed by atoms with Crippen molar-refractivity contribution in [2.75, 3.05) is 0 Å². The van der Waals surface area contributed by atoms with Gasteiger partial charge in [0.2, 0.25) is 0 Å². The van der Waals surface area contributed by atoms with Crippen molar-refractivity contribution in [3.63, 3.8) is 0 Å². The van der Waals surface area contributed by atoms with E-state index in [1.165, 1.54) is 16.8 Å². The molecule has 0 saturated carbocycles. The van der Waals surface area contributed by atoms with Crippen LogP contribution in [0.4, 0.5) is 17.6 Å². The van der Waals surface area contributed by atoms with Crippen LogP contribution in [0.5, 0.6) is 11.5 Å². The third-order valence-electron chi connectivity index (χ3n) is 4.51. The normalized spacial score (nSPS) is 12.7. The number of rotatable bonds is 5. The number of halogens is 5. The lowest BCUT2D eigenvalue weighted by Gasteiger charge is -2.13. The number of aromatic nitrogens is 3. The highest BCUT2D eigenvalue weighted by molar-refractivity contribution is 6.31. The maximum Gasteiger partial charge on any atom is 0.420 e. The Labute approximate surface area is 177 Å². The Kier molecular flexibility index (Phi) is 5.36. The monoisotopic (exact) mass is 449 g/mol. The number of carbonyl (C=O) groups excluding carboxylic acids is 1. The summed E-state index contributed by atoms with van der Waals surface area (Å²) in [5.74, 6) is -1.60. The minimum atomic E-state index is -4.93. The van der Waals surface area contributed by atoms with E-state index >= 15 is 0 Å². The second-order valence-corrected chi connectivity index (χ2v) is 6.95. The number of carbonyl (C=O) groups is 1. The van der Waals surface area contributed by atoms with Gasteiger partial charge >= 0.3 is 6.18 Å². The van der Waals surface area contributed by atoms with Gasteiger partial charge in [0.1, 0.15) is 40.7 Å². The van der Waals surface area contributed by atoms with Gasteiger partial charge in [0, 0.05) is 18.2 Å². The molecule has 0 amide bonds. The number of nitrogens with zero attached hydrogens (tertiary/aromatic N) is 3. The van der Waals surface area contributed by atoms with Gasteiger partial charge in [0.05, 0.1) is 10.5 Å². The zero-order valence-corrected chi connectivity index (χ0v) is 16.2. The SMILES string of the molecule is O=C[C@H](c1ccccc1)n1nnc2ccc(Oc3cc(F)c(C(F)(F)F)c(Cl)c3)cc21. The summed E-state index contributed by atoms with van der Waals surface area (Å²) in [5, 5.41) is 7.23. The summed E-state index contributed by atoms with van der Waals surface area (Å²) in [4.78, 5) is 11.7. The van der Waals surface area contributed by atoms with E-state index in [1.54, 1.807) is 30.3 Å². The largest absolute Gasteiger partial charge is 0.457 e. The Bertz CT molecular complexity index is 1240. The van der Waals surface area contributed by atoms with Gasteiger partial charge in [-0.1, -0.05) is 47.1 Å². The number of hydrogen-bond donors (Lipinski definition) is 0. The average Bonchev–Trinajstić information content (AvgIpc) is 3.11. The van der Waals surface area contributed by atoms with Crippen LogP contribution in [0.25, 0.3) is 11.0 Å². The first-order valence-electron chi connectivity index (χ1n) is 8.87. The highest BCUT2D eigenvalue weighted by atomic mass is 35.5. The molecule has 0 aliphatic heterocycles. The van der Waals surface area contributed by atoms with Gasteiger partial charge in [0.15, 0.2) is 0 Å². The number of hydrogen-bond acceptors (Lipinski definition) is 4. The molecule has 0 unspecified atom stereocenters. The first kappa shape index (κ1) is 20.8. The minimum absolute atomic E-state index is 0.170. The fraction of sp³-hybridized carbons (Fsp3) is 0.0952. The van der Waals surface area contributed by atoms with Gasteiger partial charge < -0.3 is 9.53 Å². The number of benzene rings is 3. The highest BCUT2D eigenvalue weighted by Crippen LogP contribution is 2.39. The van der Waals surface area contributed by atoms with Crippen LogP contribution in [0.2, 0.25) is 5.02 Å². The average molecular weight is 450 g/mol. The van der Waals surface area contributed by atoms with E-state index in [0.717, 1.165) is 6.07 Å². The Hall–Kier alpha value is -3.46. The van der Waals surface area contributed by atoms with Crippen molar-refractivity contribution in [1.29, 1.82) is 0 Å². The summed E-state index contributed by atoms with van der Waals surface area (Å²) in [6.45, 7) is 0. The van der Waals surface area contributed by atoms with Crippen LogP contribution < -0.4 is 4.74 Å². The van der Waals surface area contributed by atoms with Crippen molar-refractivity contribution in [2.45, 2.75) is 12.2 Å². The standard InChI is InChI=1S/C21H12ClF4N3O2/c22-15-8-14(9-16(23)20(15)21(24,25)26)31-13-6-7-17-18(10-13)29(28-27-17)19(11-30)12-4-2-1-3-5-12/h1-11,19H/t19-/m1/s1. The van der Waals surface area contributed by atoms with E-state index in [-0.39, 0.29) is 11.5 Å². The van der Waals surface area contributed by atoms with E-state index in [0.29, 0.717) is 28.9 Å². The van der Waals surface area contributed by atoms with Crippen LogP contribution in [-0.2, 0) is 11.0 Å². The predicted octanol–water partition coefficient (Wildman–Crippen LogP) is 5.82. The summed E-state index contributed by atoms with van der Waals surface area (Å²) in [6, 6.07) is 14.2. The fourth-order valence-electron chi connectivity index (χ4n) is 3.13. The Morgan fingerprint density at radius 1 is 1.03 bits per heavy atom. The molecular formula is C21H12ClF4N3O2. The molecule has 1 heterocycles. The third-order valence-corrected chi connectivity index (χ3v) is 4.81. The maximum absolute atomic E-state index is 14.0. The van der Waals surface area contributed by atoms with Crippen molar-refractivity contribution in [1.82, 2.24) is 15.0 Å². The molecule has 158 valence electrons. The van der Waals surface area contributed by atoms with Crippen LogP contribution in [0.3, 0.4) is 0 Å². The number of ether oxygens (including phenoxy) is 1. The molecule has 0 radical (unpaired) electrons. The van der Waals surface area contributed by atoms with E-state index in [1.807, 2.05) is 6.07 Å². The maximum atomic E-state index is 14.0. The molecule has 0 fully saturated rings. The molecule has 0 aliphatic carbocycles. The lowest BCUT2D eigenvalue weighted by molar-refractivity contribution is -0.139. The van der Waals surface area contributed by atoms with E-state index in [4.69, 9.17) is 16.3 Å². The van der Waals surface area contributed by atoms with Crippen LogP contribution in [0, 0.1) is 5.82 Å². The van der Waals surface area contributed by atoms with E-state index in [9.17, 15) is 22.4 Å². The number of fused-ring (bicyclic) bond motifs is 1. The van der Waals surface area contributed by atoms with Crippen molar-refractivity contribution < 1.29 is 27.1 Å². The molecule has 0 bridgehead atoms. The van der Waals surface area contributed by atoms with E-state index < -0.39 is 28.6 Å². The summed E-state index contributed by atoms with van der Waals surface area (Å²) in [6.07, 6.45) is -4.22. The fourth-order valence-corrected chi connectivity index (χ4v) is 3.43. The molecule has 0 saturated heterocycles. The van der Waals surface area contributed by atoms with E-state index in [2.05, 4.69) is 10.3 Å². The van der Waals surface area contributed by atoms with Crippen molar-refractivity contribution >= 4 is 28.9 Å². The molecule has 5 nitrogen and oxygen atoms in total. The lowest BCUT2D eigenvalue weighted by Crippen LogP contribution is -2.13. The predicted molar refractivity (Wildman–Crippen MR) is 105 cm³/mol. The molecule has 0 spiro atoms. The molecule has 3 aromatic carbocycles. The summed E-state index contributed by atoms with van der Waals surface area (Å²) in [7, 11) is 0. The second-order valence-electron chi connectivity index (χ2n) is 6.54. The molecule has 4 rings (SSSR count). The first-order chi connectivity index (χ1) is 14.8. The Balaban J connectivity index is 1.71. The van der Waals surface area contributed by atoms with Gasteiger partial charge in [0.25, 0.3) is 0 Å². The number of aldehydes is 1. The molecule has 1 aromatic heterocycles.